The quantitative estimate of drug-likeness (QED) is 0.808. The minimum atomic E-state index is -3.77. The molecule has 0 aliphatic rings. The zero-order chi connectivity index (χ0) is 13.2. The Hall–Kier alpha value is -1.34. The molecule has 0 aliphatic heterocycles. The van der Waals surface area contributed by atoms with Gasteiger partial charge in [-0.15, -0.1) is 0 Å². The third-order valence-corrected chi connectivity index (χ3v) is 3.41. The largest absolute Gasteiger partial charge is 0.348 e. The average molecular weight is 259 g/mol. The van der Waals surface area contributed by atoms with Crippen LogP contribution < -0.4 is 10.5 Å². The molecule has 1 rings (SSSR count). The summed E-state index contributed by atoms with van der Waals surface area (Å²) < 4.78 is 23.7. The highest BCUT2D eigenvalue weighted by Gasteiger charge is 2.18. The van der Waals surface area contributed by atoms with Gasteiger partial charge in [0.05, 0.1) is 0 Å². The molecule has 1 atom stereocenters. The highest BCUT2D eigenvalue weighted by atomic mass is 32.2. The number of carbonyl (C=O) groups excluding carboxylic acids is 1. The van der Waals surface area contributed by atoms with Crippen LogP contribution in [0.3, 0.4) is 0 Å². The molecule has 0 fully saturated rings. The van der Waals surface area contributed by atoms with E-state index < -0.39 is 10.0 Å². The number of hydrogen-bond donors (Lipinski definition) is 2. The van der Waals surface area contributed by atoms with Crippen molar-refractivity contribution in [3.8, 4) is 0 Å². The molecular weight excluding hydrogens is 242 g/mol. The van der Waals surface area contributed by atoms with Gasteiger partial charge in [0.1, 0.15) is 10.6 Å². The molecule has 0 radical (unpaired) electrons. The van der Waals surface area contributed by atoms with E-state index in [4.69, 9.17) is 5.14 Å². The molecule has 7 heteroatoms. The van der Waals surface area contributed by atoms with Crippen LogP contribution in [-0.4, -0.2) is 24.9 Å². The lowest BCUT2D eigenvalue weighted by molar-refractivity contribution is 0.0931. The fraction of sp³-hybridized carbons (Fsp3) is 0.500. The monoisotopic (exact) mass is 259 g/mol. The first-order valence-corrected chi connectivity index (χ1v) is 6.80. The maximum atomic E-state index is 11.8. The summed E-state index contributed by atoms with van der Waals surface area (Å²) in [6.45, 7) is 3.83. The van der Waals surface area contributed by atoms with Crippen molar-refractivity contribution in [1.82, 2.24) is 9.88 Å². The molecule has 0 aromatic carbocycles. The van der Waals surface area contributed by atoms with Gasteiger partial charge in [-0.2, -0.15) is 0 Å². The van der Waals surface area contributed by atoms with Crippen LogP contribution in [0.4, 0.5) is 0 Å². The number of amides is 1. The van der Waals surface area contributed by atoms with Gasteiger partial charge in [-0.1, -0.05) is 6.92 Å². The summed E-state index contributed by atoms with van der Waals surface area (Å²) in [5, 5.41) is 7.75. The molecule has 3 N–H and O–H groups in total. The van der Waals surface area contributed by atoms with Gasteiger partial charge in [0, 0.05) is 19.3 Å². The van der Waals surface area contributed by atoms with Gasteiger partial charge in [0.2, 0.25) is 10.0 Å². The van der Waals surface area contributed by atoms with Crippen LogP contribution in [0, 0.1) is 0 Å². The Balaban J connectivity index is 3.00. The summed E-state index contributed by atoms with van der Waals surface area (Å²) in [6, 6.07) is 1.31. The lowest BCUT2D eigenvalue weighted by atomic mass is 10.2. The fourth-order valence-corrected chi connectivity index (χ4v) is 1.90. The lowest BCUT2D eigenvalue weighted by Gasteiger charge is -2.11. The van der Waals surface area contributed by atoms with E-state index in [0.29, 0.717) is 0 Å². The topological polar surface area (TPSA) is 94.2 Å². The van der Waals surface area contributed by atoms with Gasteiger partial charge in [-0.3, -0.25) is 4.79 Å². The van der Waals surface area contributed by atoms with E-state index in [2.05, 4.69) is 5.32 Å². The second-order valence-electron chi connectivity index (χ2n) is 4.00. The van der Waals surface area contributed by atoms with Crippen molar-refractivity contribution in [2.24, 2.45) is 12.2 Å². The van der Waals surface area contributed by atoms with E-state index >= 15 is 0 Å². The average Bonchev–Trinajstić information content (AvgIpc) is 2.59. The predicted octanol–water partition coefficient (Wildman–Crippen LogP) is 0.201. The number of sulfonamides is 1. The Labute approximate surface area is 101 Å². The minimum absolute atomic E-state index is 0.0373. The van der Waals surface area contributed by atoms with Gasteiger partial charge in [0.15, 0.2) is 0 Å². The molecule has 1 amide bonds. The highest BCUT2D eigenvalue weighted by Crippen LogP contribution is 2.11. The Bertz CT molecular complexity index is 519. The lowest BCUT2D eigenvalue weighted by Crippen LogP contribution is -2.33. The van der Waals surface area contributed by atoms with E-state index in [1.165, 1.54) is 16.8 Å². The van der Waals surface area contributed by atoms with Gasteiger partial charge in [0.25, 0.3) is 5.91 Å². The van der Waals surface area contributed by atoms with E-state index in [9.17, 15) is 13.2 Å². The third kappa shape index (κ3) is 3.31. The molecule has 1 aromatic heterocycles. The molecule has 17 heavy (non-hydrogen) atoms. The van der Waals surface area contributed by atoms with E-state index in [1.54, 1.807) is 7.05 Å². The Kier molecular flexibility index (Phi) is 3.94. The number of carbonyl (C=O) groups is 1. The number of primary sulfonamides is 1. The van der Waals surface area contributed by atoms with Crippen molar-refractivity contribution in [3.05, 3.63) is 18.0 Å². The zero-order valence-corrected chi connectivity index (χ0v) is 10.9. The normalized spacial score (nSPS) is 13.4. The van der Waals surface area contributed by atoms with E-state index in [0.717, 1.165) is 6.42 Å². The summed E-state index contributed by atoms with van der Waals surface area (Å²) in [5.74, 6) is -0.309. The first-order chi connectivity index (χ1) is 7.75. The van der Waals surface area contributed by atoms with Crippen molar-refractivity contribution in [3.63, 3.8) is 0 Å². The molecule has 0 bridgehead atoms. The predicted molar refractivity (Wildman–Crippen MR) is 64.0 cm³/mol. The number of rotatable bonds is 4. The van der Waals surface area contributed by atoms with Crippen LogP contribution >= 0.6 is 0 Å². The summed E-state index contributed by atoms with van der Waals surface area (Å²) in [7, 11) is -2.18. The van der Waals surface area contributed by atoms with Crippen molar-refractivity contribution in [2.75, 3.05) is 0 Å². The first kappa shape index (κ1) is 13.7. The zero-order valence-electron chi connectivity index (χ0n) is 10.1. The standard InChI is InChI=1S/C10H17N3O3S/c1-4-7(2)12-10(14)9-5-8(6-13(9)3)17(11,15)16/h5-7H,4H2,1-3H3,(H,12,14)(H2,11,15,16). The SMILES string of the molecule is CCC(C)NC(=O)c1cc(S(N)(=O)=O)cn1C. The van der Waals surface area contributed by atoms with Gasteiger partial charge in [-0.05, 0) is 19.4 Å². The molecule has 0 spiro atoms. The number of nitrogens with two attached hydrogens (primary N) is 1. The van der Waals surface area contributed by atoms with Crippen molar-refractivity contribution in [2.45, 2.75) is 31.2 Å². The smallest absolute Gasteiger partial charge is 0.268 e. The molecule has 1 aromatic rings. The number of aryl methyl sites for hydroxylation is 1. The fourth-order valence-electron chi connectivity index (χ4n) is 1.32. The highest BCUT2D eigenvalue weighted by molar-refractivity contribution is 7.89. The Morgan fingerprint density at radius 2 is 2.18 bits per heavy atom. The van der Waals surface area contributed by atoms with Crippen molar-refractivity contribution in [1.29, 1.82) is 0 Å². The Morgan fingerprint density at radius 1 is 1.59 bits per heavy atom. The van der Waals surface area contributed by atoms with Crippen molar-refractivity contribution >= 4 is 15.9 Å². The molecule has 6 nitrogen and oxygen atoms in total. The number of aromatic nitrogens is 1. The van der Waals surface area contributed by atoms with Gasteiger partial charge in [-0.25, -0.2) is 13.6 Å². The third-order valence-electron chi connectivity index (χ3n) is 2.53. The number of hydrogen-bond acceptors (Lipinski definition) is 3. The molecule has 1 unspecified atom stereocenters. The molecule has 0 saturated heterocycles. The van der Waals surface area contributed by atoms with Gasteiger partial charge >= 0.3 is 0 Å². The van der Waals surface area contributed by atoms with Crippen LogP contribution in [0.2, 0.25) is 0 Å². The number of nitrogens with one attached hydrogen (secondary N) is 1. The maximum absolute atomic E-state index is 11.8. The van der Waals surface area contributed by atoms with Gasteiger partial charge < -0.3 is 9.88 Å². The first-order valence-electron chi connectivity index (χ1n) is 5.25. The van der Waals surface area contributed by atoms with Crippen LogP contribution in [0.1, 0.15) is 30.8 Å². The number of nitrogens with zero attached hydrogens (tertiary/aromatic N) is 1. The maximum Gasteiger partial charge on any atom is 0.268 e. The summed E-state index contributed by atoms with van der Waals surface area (Å²) in [4.78, 5) is 11.7. The summed E-state index contributed by atoms with van der Waals surface area (Å²) in [5.41, 5.74) is 0.273. The van der Waals surface area contributed by atoms with E-state index in [1.807, 2.05) is 13.8 Å². The Morgan fingerprint density at radius 3 is 2.59 bits per heavy atom. The van der Waals surface area contributed by atoms with Crippen molar-refractivity contribution < 1.29 is 13.2 Å². The molecule has 0 saturated carbocycles. The molecular formula is C10H17N3O3S. The van der Waals surface area contributed by atoms with Crippen LogP contribution in [-0.2, 0) is 17.1 Å². The van der Waals surface area contributed by atoms with E-state index in [-0.39, 0.29) is 22.5 Å². The summed E-state index contributed by atoms with van der Waals surface area (Å²) in [6.07, 6.45) is 2.12. The molecule has 96 valence electrons. The van der Waals surface area contributed by atoms with Crippen LogP contribution in [0.25, 0.3) is 0 Å². The summed E-state index contributed by atoms with van der Waals surface area (Å²) >= 11 is 0. The minimum Gasteiger partial charge on any atom is -0.348 e. The second kappa shape index (κ2) is 4.89. The van der Waals surface area contributed by atoms with Crippen LogP contribution in [0.5, 0.6) is 0 Å². The van der Waals surface area contributed by atoms with Crippen LogP contribution in [0.15, 0.2) is 17.2 Å². The second-order valence-corrected chi connectivity index (χ2v) is 5.56. The molecule has 0 aliphatic carbocycles. The molecule has 1 heterocycles.